The summed E-state index contributed by atoms with van der Waals surface area (Å²) < 4.78 is 0. The summed E-state index contributed by atoms with van der Waals surface area (Å²) in [4.78, 5) is 25.5. The minimum Gasteiger partial charge on any atom is -0.368 e. The van der Waals surface area contributed by atoms with Crippen LogP contribution >= 0.6 is 0 Å². The molecular weight excluding hydrogens is 326 g/mol. The first-order valence-electron chi connectivity index (χ1n) is 9.43. The fourth-order valence-electron chi connectivity index (χ4n) is 3.14. The summed E-state index contributed by atoms with van der Waals surface area (Å²) in [5, 5.41) is 2.96. The number of hydrogen-bond donors (Lipinski definition) is 1. The summed E-state index contributed by atoms with van der Waals surface area (Å²) in [6.07, 6.45) is 6.84. The van der Waals surface area contributed by atoms with Crippen LogP contribution in [0.4, 0.5) is 11.5 Å². The molecule has 6 heteroatoms. The van der Waals surface area contributed by atoms with Gasteiger partial charge in [-0.1, -0.05) is 25.8 Å². The third kappa shape index (κ3) is 4.71. The molecule has 0 spiro atoms. The van der Waals surface area contributed by atoms with Crippen molar-refractivity contribution in [3.8, 4) is 0 Å². The standard InChI is InChI=1S/C20H27N5O/c1-2-3-5-10-23-20(26)18-16-17(8-11-21-18)24-12-14-25(15-13-24)19-7-4-6-9-22-19/h4,6-9,11,16H,2-3,5,10,12-15H2,1H3,(H,23,26). The van der Waals surface area contributed by atoms with Crippen molar-refractivity contribution in [3.63, 3.8) is 0 Å². The summed E-state index contributed by atoms with van der Waals surface area (Å²) in [7, 11) is 0. The number of carbonyl (C=O) groups is 1. The molecule has 0 unspecified atom stereocenters. The number of carbonyl (C=O) groups excluding carboxylic acids is 1. The zero-order valence-electron chi connectivity index (χ0n) is 15.4. The lowest BCUT2D eigenvalue weighted by atomic mass is 10.2. The third-order valence-electron chi connectivity index (χ3n) is 4.66. The molecule has 3 rings (SSSR count). The Kier molecular flexibility index (Phi) is 6.41. The Bertz CT molecular complexity index is 698. The van der Waals surface area contributed by atoms with E-state index in [1.807, 2.05) is 36.5 Å². The lowest BCUT2D eigenvalue weighted by molar-refractivity contribution is 0.0948. The van der Waals surface area contributed by atoms with Crippen LogP contribution in [0.5, 0.6) is 0 Å². The van der Waals surface area contributed by atoms with Gasteiger partial charge in [0, 0.05) is 50.8 Å². The summed E-state index contributed by atoms with van der Waals surface area (Å²) >= 11 is 0. The summed E-state index contributed by atoms with van der Waals surface area (Å²) in [5.74, 6) is 0.934. The van der Waals surface area contributed by atoms with Crippen molar-refractivity contribution in [2.75, 3.05) is 42.5 Å². The Labute approximate surface area is 155 Å². The van der Waals surface area contributed by atoms with Crippen molar-refractivity contribution in [2.24, 2.45) is 0 Å². The van der Waals surface area contributed by atoms with E-state index in [1.165, 1.54) is 0 Å². The van der Waals surface area contributed by atoms with Crippen molar-refractivity contribution in [1.82, 2.24) is 15.3 Å². The van der Waals surface area contributed by atoms with Crippen molar-refractivity contribution < 1.29 is 4.79 Å². The monoisotopic (exact) mass is 353 g/mol. The highest BCUT2D eigenvalue weighted by Gasteiger charge is 2.19. The molecule has 0 bridgehead atoms. The lowest BCUT2D eigenvalue weighted by Crippen LogP contribution is -2.46. The van der Waals surface area contributed by atoms with Gasteiger partial charge in [0.15, 0.2) is 0 Å². The van der Waals surface area contributed by atoms with Gasteiger partial charge in [-0.25, -0.2) is 4.98 Å². The molecule has 0 radical (unpaired) electrons. The normalized spacial score (nSPS) is 14.3. The third-order valence-corrected chi connectivity index (χ3v) is 4.66. The number of piperazine rings is 1. The highest BCUT2D eigenvalue weighted by molar-refractivity contribution is 5.93. The van der Waals surface area contributed by atoms with Crippen molar-refractivity contribution in [1.29, 1.82) is 0 Å². The lowest BCUT2D eigenvalue weighted by Gasteiger charge is -2.36. The molecular formula is C20H27N5O. The number of unbranched alkanes of at least 4 members (excludes halogenated alkanes) is 2. The van der Waals surface area contributed by atoms with E-state index in [0.29, 0.717) is 12.2 Å². The van der Waals surface area contributed by atoms with Crippen LogP contribution in [-0.4, -0.2) is 48.6 Å². The minimum atomic E-state index is -0.0879. The molecule has 1 fully saturated rings. The maximum absolute atomic E-state index is 12.3. The maximum atomic E-state index is 12.3. The van der Waals surface area contributed by atoms with Crippen molar-refractivity contribution in [2.45, 2.75) is 26.2 Å². The van der Waals surface area contributed by atoms with Gasteiger partial charge >= 0.3 is 0 Å². The number of anilines is 2. The van der Waals surface area contributed by atoms with Gasteiger partial charge in [-0.15, -0.1) is 0 Å². The number of pyridine rings is 2. The maximum Gasteiger partial charge on any atom is 0.269 e. The van der Waals surface area contributed by atoms with Gasteiger partial charge in [-0.3, -0.25) is 9.78 Å². The van der Waals surface area contributed by atoms with Crippen LogP contribution in [0.2, 0.25) is 0 Å². The first kappa shape index (κ1) is 18.2. The molecule has 1 N–H and O–H groups in total. The van der Waals surface area contributed by atoms with Crippen LogP contribution in [0.25, 0.3) is 0 Å². The molecule has 2 aromatic rings. The smallest absolute Gasteiger partial charge is 0.269 e. The van der Waals surface area contributed by atoms with Gasteiger partial charge in [-0.2, -0.15) is 0 Å². The fraction of sp³-hybridized carbons (Fsp3) is 0.450. The van der Waals surface area contributed by atoms with Crippen molar-refractivity contribution >= 4 is 17.4 Å². The largest absolute Gasteiger partial charge is 0.368 e. The van der Waals surface area contributed by atoms with E-state index in [9.17, 15) is 4.79 Å². The SMILES string of the molecule is CCCCCNC(=O)c1cc(N2CCN(c3ccccn3)CC2)ccn1. The number of rotatable bonds is 7. The van der Waals surface area contributed by atoms with E-state index in [-0.39, 0.29) is 5.91 Å². The van der Waals surface area contributed by atoms with Gasteiger partial charge in [0.1, 0.15) is 11.5 Å². The Morgan fingerprint density at radius 3 is 2.58 bits per heavy atom. The molecule has 0 atom stereocenters. The number of hydrogen-bond acceptors (Lipinski definition) is 5. The van der Waals surface area contributed by atoms with Crippen LogP contribution in [0.3, 0.4) is 0 Å². The Morgan fingerprint density at radius 2 is 1.85 bits per heavy atom. The number of aromatic nitrogens is 2. The van der Waals surface area contributed by atoms with Gasteiger partial charge in [0.25, 0.3) is 5.91 Å². The zero-order valence-corrected chi connectivity index (χ0v) is 15.4. The second-order valence-corrected chi connectivity index (χ2v) is 6.52. The molecule has 6 nitrogen and oxygen atoms in total. The molecule has 138 valence electrons. The molecule has 1 amide bonds. The van der Waals surface area contributed by atoms with Crippen LogP contribution in [-0.2, 0) is 0 Å². The average molecular weight is 353 g/mol. The molecule has 0 aliphatic carbocycles. The Hall–Kier alpha value is -2.63. The second-order valence-electron chi connectivity index (χ2n) is 6.52. The van der Waals surface area contributed by atoms with Crippen molar-refractivity contribution in [3.05, 3.63) is 48.4 Å². The minimum absolute atomic E-state index is 0.0879. The zero-order chi connectivity index (χ0) is 18.2. The van der Waals surface area contributed by atoms with E-state index in [4.69, 9.17) is 0 Å². The average Bonchev–Trinajstić information content (AvgIpc) is 2.72. The number of amides is 1. The van der Waals surface area contributed by atoms with Crippen LogP contribution < -0.4 is 15.1 Å². The van der Waals surface area contributed by atoms with E-state index >= 15 is 0 Å². The molecule has 0 saturated carbocycles. The summed E-state index contributed by atoms with van der Waals surface area (Å²) in [6, 6.07) is 9.87. The van der Waals surface area contributed by atoms with E-state index in [0.717, 1.165) is 56.9 Å². The predicted octanol–water partition coefficient (Wildman–Crippen LogP) is 2.72. The van der Waals surface area contributed by atoms with E-state index < -0.39 is 0 Å². The van der Waals surface area contributed by atoms with Gasteiger partial charge < -0.3 is 15.1 Å². The molecule has 1 aliphatic rings. The first-order chi connectivity index (χ1) is 12.8. The highest BCUT2D eigenvalue weighted by Crippen LogP contribution is 2.19. The van der Waals surface area contributed by atoms with Crippen LogP contribution in [0.1, 0.15) is 36.7 Å². The molecule has 1 aliphatic heterocycles. The van der Waals surface area contributed by atoms with Gasteiger partial charge in [0.2, 0.25) is 0 Å². The molecule has 26 heavy (non-hydrogen) atoms. The van der Waals surface area contributed by atoms with E-state index in [1.54, 1.807) is 6.20 Å². The van der Waals surface area contributed by atoms with Crippen LogP contribution in [0.15, 0.2) is 42.7 Å². The van der Waals surface area contributed by atoms with E-state index in [2.05, 4.69) is 32.0 Å². The van der Waals surface area contributed by atoms with Gasteiger partial charge in [0.05, 0.1) is 0 Å². The highest BCUT2D eigenvalue weighted by atomic mass is 16.1. The second kappa shape index (κ2) is 9.17. The van der Waals surface area contributed by atoms with Crippen LogP contribution in [0, 0.1) is 0 Å². The first-order valence-corrected chi connectivity index (χ1v) is 9.43. The Morgan fingerprint density at radius 1 is 1.04 bits per heavy atom. The fourth-order valence-corrected chi connectivity index (χ4v) is 3.14. The number of nitrogens with zero attached hydrogens (tertiary/aromatic N) is 4. The predicted molar refractivity (Wildman–Crippen MR) is 105 cm³/mol. The topological polar surface area (TPSA) is 61.4 Å². The molecule has 2 aromatic heterocycles. The Balaban J connectivity index is 1.56. The summed E-state index contributed by atoms with van der Waals surface area (Å²) in [6.45, 7) is 6.49. The molecule has 0 aromatic carbocycles. The molecule has 1 saturated heterocycles. The summed E-state index contributed by atoms with van der Waals surface area (Å²) in [5.41, 5.74) is 1.55. The van der Waals surface area contributed by atoms with Gasteiger partial charge in [-0.05, 0) is 30.7 Å². The molecule has 3 heterocycles. The quantitative estimate of drug-likeness (QED) is 0.776. The number of nitrogens with one attached hydrogen (secondary N) is 1.